The lowest BCUT2D eigenvalue weighted by molar-refractivity contribution is -0.160. The molecule has 0 aliphatic rings. The Morgan fingerprint density at radius 1 is 1.29 bits per heavy atom. The largest absolute Gasteiger partial charge is 0.469 e. The van der Waals surface area contributed by atoms with E-state index in [0.717, 1.165) is 0 Å². The van der Waals surface area contributed by atoms with Crippen LogP contribution in [-0.2, 0) is 19.1 Å². The maximum absolute atomic E-state index is 11.3. The smallest absolute Gasteiger partial charge is 0.308 e. The van der Waals surface area contributed by atoms with Gasteiger partial charge in [0, 0.05) is 0 Å². The van der Waals surface area contributed by atoms with Gasteiger partial charge in [0.1, 0.15) is 5.60 Å². The second kappa shape index (κ2) is 4.98. The van der Waals surface area contributed by atoms with E-state index in [-0.39, 0.29) is 12.4 Å². The van der Waals surface area contributed by atoms with Crippen molar-refractivity contribution in [3.8, 4) is 0 Å². The summed E-state index contributed by atoms with van der Waals surface area (Å²) in [5.41, 5.74) is -0.507. The summed E-state index contributed by atoms with van der Waals surface area (Å²) in [6.07, 6.45) is 0.0595. The summed E-state index contributed by atoms with van der Waals surface area (Å²) in [7, 11) is 1.30. The Morgan fingerprint density at radius 2 is 1.79 bits per heavy atom. The highest BCUT2D eigenvalue weighted by Crippen LogP contribution is 2.12. The molecular weight excluding hydrogens is 184 g/mol. The normalized spacial score (nSPS) is 13.2. The Balaban J connectivity index is 4.01. The van der Waals surface area contributed by atoms with Gasteiger partial charge in [0.15, 0.2) is 0 Å². The molecule has 0 aliphatic heterocycles. The molecule has 0 amide bonds. The van der Waals surface area contributed by atoms with Crippen molar-refractivity contribution in [1.29, 1.82) is 0 Å². The number of carbonyl (C=O) groups excluding carboxylic acids is 2. The van der Waals surface area contributed by atoms with Gasteiger partial charge < -0.3 is 9.47 Å². The van der Waals surface area contributed by atoms with Crippen LogP contribution in [0.15, 0.2) is 0 Å². The molecule has 14 heavy (non-hydrogen) atoms. The second-order valence-electron chi connectivity index (χ2n) is 4.21. The summed E-state index contributed by atoms with van der Waals surface area (Å²) < 4.78 is 9.55. The van der Waals surface area contributed by atoms with Crippen LogP contribution in [0.2, 0.25) is 0 Å². The van der Waals surface area contributed by atoms with E-state index in [4.69, 9.17) is 4.74 Å². The highest BCUT2D eigenvalue weighted by Gasteiger charge is 2.22. The van der Waals surface area contributed by atoms with E-state index in [9.17, 15) is 9.59 Å². The van der Waals surface area contributed by atoms with Gasteiger partial charge in [-0.05, 0) is 20.8 Å². The minimum atomic E-state index is -0.507. The average Bonchev–Trinajstić information content (AvgIpc) is 1.99. The van der Waals surface area contributed by atoms with Crippen LogP contribution in [0.4, 0.5) is 0 Å². The number of rotatable bonds is 3. The van der Waals surface area contributed by atoms with Crippen LogP contribution in [0.1, 0.15) is 34.1 Å². The molecule has 0 saturated heterocycles. The van der Waals surface area contributed by atoms with Gasteiger partial charge in [-0.1, -0.05) is 6.92 Å². The predicted molar refractivity (Wildman–Crippen MR) is 51.6 cm³/mol. The van der Waals surface area contributed by atoms with Crippen molar-refractivity contribution in [2.75, 3.05) is 7.11 Å². The van der Waals surface area contributed by atoms with E-state index in [1.165, 1.54) is 7.11 Å². The zero-order valence-corrected chi connectivity index (χ0v) is 9.42. The Bertz CT molecular complexity index is 215. The molecule has 1 atom stereocenters. The van der Waals surface area contributed by atoms with E-state index < -0.39 is 17.5 Å². The average molecular weight is 202 g/mol. The zero-order chi connectivity index (χ0) is 11.4. The van der Waals surface area contributed by atoms with E-state index >= 15 is 0 Å². The second-order valence-corrected chi connectivity index (χ2v) is 4.21. The van der Waals surface area contributed by atoms with E-state index in [1.54, 1.807) is 27.7 Å². The highest BCUT2D eigenvalue weighted by molar-refractivity contribution is 5.79. The van der Waals surface area contributed by atoms with Gasteiger partial charge in [0.25, 0.3) is 0 Å². The molecule has 0 aliphatic carbocycles. The van der Waals surface area contributed by atoms with Crippen LogP contribution in [0.3, 0.4) is 0 Å². The summed E-state index contributed by atoms with van der Waals surface area (Å²) in [4.78, 5) is 22.2. The van der Waals surface area contributed by atoms with Crippen molar-refractivity contribution in [2.45, 2.75) is 39.7 Å². The van der Waals surface area contributed by atoms with E-state index in [2.05, 4.69) is 4.74 Å². The zero-order valence-electron chi connectivity index (χ0n) is 9.42. The first-order valence-electron chi connectivity index (χ1n) is 4.56. The lowest BCUT2D eigenvalue weighted by Crippen LogP contribution is -2.26. The minimum Gasteiger partial charge on any atom is -0.469 e. The Hall–Kier alpha value is -1.06. The summed E-state index contributed by atoms with van der Waals surface area (Å²) in [6.45, 7) is 6.99. The number of carbonyl (C=O) groups is 2. The minimum absolute atomic E-state index is 0.0595. The van der Waals surface area contributed by atoms with Crippen molar-refractivity contribution in [3.63, 3.8) is 0 Å². The molecule has 0 aromatic rings. The number of methoxy groups -OCH3 is 1. The van der Waals surface area contributed by atoms with Crippen molar-refractivity contribution < 1.29 is 19.1 Å². The van der Waals surface area contributed by atoms with E-state index in [1.807, 2.05) is 0 Å². The molecule has 0 heterocycles. The van der Waals surface area contributed by atoms with Crippen LogP contribution in [0.5, 0.6) is 0 Å². The molecule has 82 valence electrons. The third-order valence-electron chi connectivity index (χ3n) is 1.50. The van der Waals surface area contributed by atoms with Gasteiger partial charge in [-0.25, -0.2) is 0 Å². The highest BCUT2D eigenvalue weighted by atomic mass is 16.6. The Labute approximate surface area is 84.6 Å². The van der Waals surface area contributed by atoms with E-state index in [0.29, 0.717) is 0 Å². The standard InChI is InChI=1S/C10H18O4/c1-7(9(12)13-5)6-8(11)14-10(2,3)4/h7H,6H2,1-5H3/t7-/m0/s1. The van der Waals surface area contributed by atoms with Gasteiger partial charge in [0.05, 0.1) is 19.4 Å². The maximum Gasteiger partial charge on any atom is 0.308 e. The molecular formula is C10H18O4. The van der Waals surface area contributed by atoms with Crippen LogP contribution in [0.25, 0.3) is 0 Å². The van der Waals surface area contributed by atoms with Crippen molar-refractivity contribution in [1.82, 2.24) is 0 Å². The SMILES string of the molecule is COC(=O)[C@@H](C)CC(=O)OC(C)(C)C. The third-order valence-corrected chi connectivity index (χ3v) is 1.50. The quantitative estimate of drug-likeness (QED) is 0.651. The Kier molecular flexibility index (Phi) is 4.60. The van der Waals surface area contributed by atoms with Gasteiger partial charge >= 0.3 is 11.9 Å². The van der Waals surface area contributed by atoms with Gasteiger partial charge in [-0.2, -0.15) is 0 Å². The van der Waals surface area contributed by atoms with Crippen molar-refractivity contribution >= 4 is 11.9 Å². The van der Waals surface area contributed by atoms with Crippen LogP contribution in [-0.4, -0.2) is 24.6 Å². The molecule has 0 bridgehead atoms. The molecule has 0 rings (SSSR count). The molecule has 0 aromatic carbocycles. The predicted octanol–water partition coefficient (Wildman–Crippen LogP) is 1.53. The topological polar surface area (TPSA) is 52.6 Å². The Morgan fingerprint density at radius 3 is 2.14 bits per heavy atom. The fraction of sp³-hybridized carbons (Fsp3) is 0.800. The first kappa shape index (κ1) is 12.9. The number of hydrogen-bond acceptors (Lipinski definition) is 4. The number of hydrogen-bond donors (Lipinski definition) is 0. The molecule has 0 unspecified atom stereocenters. The lowest BCUT2D eigenvalue weighted by Gasteiger charge is -2.20. The summed E-state index contributed by atoms with van der Waals surface area (Å²) in [5.74, 6) is -1.22. The molecule has 4 heteroatoms. The van der Waals surface area contributed by atoms with Gasteiger partial charge in [-0.15, -0.1) is 0 Å². The third kappa shape index (κ3) is 5.56. The van der Waals surface area contributed by atoms with Crippen molar-refractivity contribution in [3.05, 3.63) is 0 Å². The summed E-state index contributed by atoms with van der Waals surface area (Å²) >= 11 is 0. The molecule has 4 nitrogen and oxygen atoms in total. The summed E-state index contributed by atoms with van der Waals surface area (Å²) in [5, 5.41) is 0. The van der Waals surface area contributed by atoms with Crippen molar-refractivity contribution in [2.24, 2.45) is 5.92 Å². The van der Waals surface area contributed by atoms with Crippen LogP contribution < -0.4 is 0 Å². The number of esters is 2. The fourth-order valence-electron chi connectivity index (χ4n) is 0.918. The fourth-order valence-corrected chi connectivity index (χ4v) is 0.918. The molecule has 0 fully saturated rings. The van der Waals surface area contributed by atoms with Crippen LogP contribution >= 0.6 is 0 Å². The molecule has 0 spiro atoms. The lowest BCUT2D eigenvalue weighted by atomic mass is 10.1. The first-order chi connectivity index (χ1) is 6.26. The molecule has 0 radical (unpaired) electrons. The first-order valence-corrected chi connectivity index (χ1v) is 4.56. The number of ether oxygens (including phenoxy) is 2. The van der Waals surface area contributed by atoms with Gasteiger partial charge in [0.2, 0.25) is 0 Å². The molecule has 0 N–H and O–H groups in total. The molecule has 0 aromatic heterocycles. The van der Waals surface area contributed by atoms with Crippen LogP contribution in [0, 0.1) is 5.92 Å². The van der Waals surface area contributed by atoms with Gasteiger partial charge in [-0.3, -0.25) is 9.59 Å². The summed E-state index contributed by atoms with van der Waals surface area (Å²) in [6, 6.07) is 0. The maximum atomic E-state index is 11.3. The monoisotopic (exact) mass is 202 g/mol. The molecule has 0 saturated carbocycles.